The maximum Gasteiger partial charge on any atom is 0.155 e. The van der Waals surface area contributed by atoms with Crippen LogP contribution in [0.2, 0.25) is 0 Å². The van der Waals surface area contributed by atoms with Gasteiger partial charge in [0, 0.05) is 25.1 Å². The van der Waals surface area contributed by atoms with E-state index in [-0.39, 0.29) is 0 Å². The van der Waals surface area contributed by atoms with Crippen LogP contribution in [0.15, 0.2) is 16.6 Å². The van der Waals surface area contributed by atoms with Crippen molar-refractivity contribution >= 4 is 12.0 Å². The van der Waals surface area contributed by atoms with Crippen molar-refractivity contribution in [1.29, 1.82) is 0 Å². The first-order chi connectivity index (χ1) is 13.1. The lowest BCUT2D eigenvalue weighted by Crippen LogP contribution is -2.54. The molecule has 2 heteroatoms. The summed E-state index contributed by atoms with van der Waals surface area (Å²) in [5.41, 5.74) is 2.48. The highest BCUT2D eigenvalue weighted by molar-refractivity contribution is 5.91. The third-order valence-corrected chi connectivity index (χ3v) is 10.7. The van der Waals surface area contributed by atoms with Gasteiger partial charge in [-0.2, -0.15) is 0 Å². The molecule has 0 saturated heterocycles. The van der Waals surface area contributed by atoms with E-state index >= 15 is 0 Å². The highest BCUT2D eigenvalue weighted by Gasteiger charge is 2.77. The summed E-state index contributed by atoms with van der Waals surface area (Å²) in [4.78, 5) is 16.7. The number of rotatable bonds is 3. The van der Waals surface area contributed by atoms with Gasteiger partial charge in [-0.25, -0.2) is 0 Å². The molecule has 0 aliphatic heterocycles. The first-order valence-corrected chi connectivity index (χ1v) is 11.8. The molecular weight excluding hydrogens is 330 g/mol. The topological polar surface area (TPSA) is 29.4 Å². The number of hydrogen-bond donors (Lipinski definition) is 0. The van der Waals surface area contributed by atoms with E-state index in [1.54, 1.807) is 5.57 Å². The summed E-state index contributed by atoms with van der Waals surface area (Å²) in [6, 6.07) is 0. The molecule has 10 unspecified atom stereocenters. The van der Waals surface area contributed by atoms with Gasteiger partial charge in [0.2, 0.25) is 0 Å². The minimum absolute atomic E-state index is 0.375. The lowest BCUT2D eigenvalue weighted by molar-refractivity contribution is -0.116. The second-order valence-corrected chi connectivity index (χ2v) is 10.9. The van der Waals surface area contributed by atoms with Gasteiger partial charge in [-0.1, -0.05) is 19.4 Å². The van der Waals surface area contributed by atoms with Gasteiger partial charge in [-0.05, 0) is 104 Å². The molecule has 0 radical (unpaired) electrons. The molecule has 2 nitrogen and oxygen atoms in total. The van der Waals surface area contributed by atoms with Crippen molar-refractivity contribution in [3.8, 4) is 0 Å². The summed E-state index contributed by atoms with van der Waals surface area (Å²) >= 11 is 0. The van der Waals surface area contributed by atoms with E-state index < -0.39 is 0 Å². The molecule has 0 amide bonds. The molecule has 6 aliphatic rings. The van der Waals surface area contributed by atoms with Crippen molar-refractivity contribution in [3.63, 3.8) is 0 Å². The highest BCUT2D eigenvalue weighted by Crippen LogP contribution is 2.82. The SMILES string of the molecule is CCC1(C=NC)C2CC2C2C3C(CCC21CC)C1CCC(=O)C=C1C1CC13. The maximum atomic E-state index is 12.1. The monoisotopic (exact) mass is 365 g/mol. The second kappa shape index (κ2) is 5.36. The Bertz CT molecular complexity index is 751. The van der Waals surface area contributed by atoms with Gasteiger partial charge < -0.3 is 4.99 Å². The van der Waals surface area contributed by atoms with Crippen LogP contribution in [0.1, 0.15) is 65.2 Å². The molecule has 6 rings (SSSR count). The van der Waals surface area contributed by atoms with Crippen LogP contribution in [-0.2, 0) is 4.79 Å². The molecule has 0 heterocycles. The first-order valence-electron chi connectivity index (χ1n) is 11.8. The van der Waals surface area contributed by atoms with E-state index in [4.69, 9.17) is 0 Å². The Morgan fingerprint density at radius 2 is 1.96 bits per heavy atom. The van der Waals surface area contributed by atoms with Crippen molar-refractivity contribution < 1.29 is 4.79 Å². The fraction of sp³-hybridized carbons (Fsp3) is 0.840. The Morgan fingerprint density at radius 1 is 1.11 bits per heavy atom. The number of nitrogens with zero attached hydrogens (tertiary/aromatic N) is 1. The van der Waals surface area contributed by atoms with Crippen molar-refractivity contribution in [3.05, 3.63) is 11.6 Å². The summed E-state index contributed by atoms with van der Waals surface area (Å²) in [6.07, 6.45) is 14.8. The van der Waals surface area contributed by atoms with Crippen molar-refractivity contribution in [2.75, 3.05) is 7.05 Å². The lowest BCUT2D eigenvalue weighted by Gasteiger charge is -2.59. The molecule has 10 atom stereocenters. The Kier molecular flexibility index (Phi) is 3.37. The Labute approximate surface area is 164 Å². The molecule has 27 heavy (non-hydrogen) atoms. The van der Waals surface area contributed by atoms with E-state index in [0.717, 1.165) is 60.2 Å². The summed E-state index contributed by atoms with van der Waals surface area (Å²) < 4.78 is 0. The zero-order chi connectivity index (χ0) is 18.6. The van der Waals surface area contributed by atoms with Crippen LogP contribution in [-0.4, -0.2) is 19.0 Å². The van der Waals surface area contributed by atoms with Gasteiger partial charge in [-0.15, -0.1) is 0 Å². The quantitative estimate of drug-likeness (QED) is 0.622. The van der Waals surface area contributed by atoms with Crippen LogP contribution in [0.4, 0.5) is 0 Å². The molecule has 0 bridgehead atoms. The van der Waals surface area contributed by atoms with Crippen LogP contribution in [0.5, 0.6) is 0 Å². The number of carbonyl (C=O) groups excluding carboxylic acids is 1. The van der Waals surface area contributed by atoms with Gasteiger partial charge in [0.1, 0.15) is 0 Å². The van der Waals surface area contributed by atoms with E-state index in [1.807, 2.05) is 7.05 Å². The van der Waals surface area contributed by atoms with Crippen LogP contribution < -0.4 is 0 Å². The van der Waals surface area contributed by atoms with E-state index in [0.29, 0.717) is 16.6 Å². The summed E-state index contributed by atoms with van der Waals surface area (Å²) in [7, 11) is 2.00. The van der Waals surface area contributed by atoms with Gasteiger partial charge >= 0.3 is 0 Å². The fourth-order valence-electron chi connectivity index (χ4n) is 9.88. The predicted molar refractivity (Wildman–Crippen MR) is 109 cm³/mol. The third kappa shape index (κ3) is 1.85. The molecule has 0 aromatic rings. The van der Waals surface area contributed by atoms with Crippen molar-refractivity contribution in [2.24, 2.45) is 63.2 Å². The van der Waals surface area contributed by atoms with Gasteiger partial charge in [0.25, 0.3) is 0 Å². The molecule has 0 spiro atoms. The number of ketones is 1. The molecule has 5 saturated carbocycles. The fourth-order valence-corrected chi connectivity index (χ4v) is 9.88. The second-order valence-electron chi connectivity index (χ2n) is 10.9. The van der Waals surface area contributed by atoms with E-state index in [9.17, 15) is 4.79 Å². The average Bonchev–Trinajstić information content (AvgIpc) is 3.59. The van der Waals surface area contributed by atoms with Crippen LogP contribution in [0, 0.1) is 58.2 Å². The average molecular weight is 366 g/mol. The van der Waals surface area contributed by atoms with Crippen LogP contribution in [0.3, 0.4) is 0 Å². The minimum Gasteiger partial charge on any atom is -0.300 e. The Morgan fingerprint density at radius 3 is 2.70 bits per heavy atom. The molecule has 0 N–H and O–H groups in total. The lowest BCUT2D eigenvalue weighted by atomic mass is 9.45. The zero-order valence-electron chi connectivity index (χ0n) is 17.3. The van der Waals surface area contributed by atoms with E-state index in [2.05, 4.69) is 31.1 Å². The summed E-state index contributed by atoms with van der Waals surface area (Å²) in [5.74, 6) is 7.52. The molecular formula is C25H35NO. The largest absolute Gasteiger partial charge is 0.300 e. The standard InChI is InChI=1S/C25H35NO/c1-4-24-9-8-16-15-7-6-14(27)10-17(15)18-11-19(18)22(16)23(24)20-12-21(20)25(24,5-2)13-26-3/h10,13,15-16,18-23H,4-9,11-12H2,1-3H3. The van der Waals surface area contributed by atoms with Crippen molar-refractivity contribution in [1.82, 2.24) is 0 Å². The summed E-state index contributed by atoms with van der Waals surface area (Å²) in [5, 5.41) is 0. The molecule has 6 aliphatic carbocycles. The molecule has 0 aromatic carbocycles. The predicted octanol–water partition coefficient (Wildman–Crippen LogP) is 5.33. The number of hydrogen-bond acceptors (Lipinski definition) is 2. The molecule has 146 valence electrons. The van der Waals surface area contributed by atoms with Gasteiger partial charge in [0.05, 0.1) is 0 Å². The molecule has 0 aromatic heterocycles. The summed E-state index contributed by atoms with van der Waals surface area (Å²) in [6.45, 7) is 4.93. The van der Waals surface area contributed by atoms with Crippen LogP contribution in [0.25, 0.3) is 0 Å². The number of fused-ring (bicyclic) bond motifs is 10. The highest BCUT2D eigenvalue weighted by atomic mass is 16.1. The number of aliphatic imine (C=N–C) groups is 1. The normalized spacial score (nSPS) is 57.3. The first kappa shape index (κ1) is 17.0. The Balaban J connectivity index is 1.44. The molecule has 5 fully saturated rings. The van der Waals surface area contributed by atoms with Crippen LogP contribution >= 0.6 is 0 Å². The zero-order valence-corrected chi connectivity index (χ0v) is 17.3. The van der Waals surface area contributed by atoms with Gasteiger partial charge in [-0.3, -0.25) is 4.79 Å². The van der Waals surface area contributed by atoms with Gasteiger partial charge in [0.15, 0.2) is 5.78 Å². The number of allylic oxidation sites excluding steroid dienone is 1. The minimum atomic E-state index is 0.375. The Hall–Kier alpha value is -0.920. The van der Waals surface area contributed by atoms with Crippen molar-refractivity contribution in [2.45, 2.75) is 65.2 Å². The third-order valence-electron chi connectivity index (χ3n) is 10.7. The van der Waals surface area contributed by atoms with E-state index in [1.165, 1.54) is 38.5 Å². The smallest absolute Gasteiger partial charge is 0.155 e. The number of carbonyl (C=O) groups is 1. The maximum absolute atomic E-state index is 12.1.